The molecule has 1 atom stereocenters. The molecule has 1 unspecified atom stereocenters. The molecule has 1 aliphatic heterocycles. The van der Waals surface area contributed by atoms with Crippen molar-refractivity contribution in [3.8, 4) is 5.75 Å². The first kappa shape index (κ1) is 10.2. The highest BCUT2D eigenvalue weighted by Gasteiger charge is 2.32. The van der Waals surface area contributed by atoms with Crippen molar-refractivity contribution in [2.45, 2.75) is 12.5 Å². The van der Waals surface area contributed by atoms with Gasteiger partial charge in [-0.3, -0.25) is 0 Å². The molecule has 0 saturated carbocycles. The van der Waals surface area contributed by atoms with Crippen LogP contribution in [0.5, 0.6) is 5.75 Å². The summed E-state index contributed by atoms with van der Waals surface area (Å²) in [6.07, 6.45) is -0.475. The highest BCUT2D eigenvalue weighted by Crippen LogP contribution is 2.34. The van der Waals surface area contributed by atoms with Gasteiger partial charge in [-0.05, 0) is 12.1 Å². The zero-order valence-electron chi connectivity index (χ0n) is 7.92. The van der Waals surface area contributed by atoms with Crippen molar-refractivity contribution in [1.29, 1.82) is 0 Å². The maximum Gasteiger partial charge on any atom is 0.347 e. The van der Waals surface area contributed by atoms with Crippen LogP contribution in [-0.2, 0) is 16.0 Å². The number of ether oxygens (including phenoxy) is 2. The number of hydrogen-bond acceptors (Lipinski definition) is 3. The number of fused-ring (bicyclic) bond motifs is 1. The van der Waals surface area contributed by atoms with Crippen molar-refractivity contribution < 1.29 is 18.7 Å². The van der Waals surface area contributed by atoms with Gasteiger partial charge in [-0.2, -0.15) is 0 Å². The average Bonchev–Trinajstić information content (AvgIpc) is 2.60. The monoisotopic (exact) mass is 230 g/mol. The lowest BCUT2D eigenvalue weighted by molar-refractivity contribution is -0.147. The Bertz CT molecular complexity index is 419. The fraction of sp³-hybridized carbons (Fsp3) is 0.300. The summed E-state index contributed by atoms with van der Waals surface area (Å²) in [5, 5.41) is 0.292. The molecule has 15 heavy (non-hydrogen) atoms. The molecule has 0 fully saturated rings. The Hall–Kier alpha value is -1.29. The summed E-state index contributed by atoms with van der Waals surface area (Å²) in [5.74, 6) is -0.972. The summed E-state index contributed by atoms with van der Waals surface area (Å²) in [5.41, 5.74) is 0.593. The lowest BCUT2D eigenvalue weighted by Gasteiger charge is -2.07. The van der Waals surface area contributed by atoms with Gasteiger partial charge in [-0.25, -0.2) is 9.18 Å². The second kappa shape index (κ2) is 3.70. The molecule has 0 bridgehead atoms. The van der Waals surface area contributed by atoms with E-state index in [9.17, 15) is 9.18 Å². The first-order valence-electron chi connectivity index (χ1n) is 4.34. The molecule has 0 saturated heterocycles. The summed E-state index contributed by atoms with van der Waals surface area (Å²) in [6, 6.07) is 2.74. The van der Waals surface area contributed by atoms with Gasteiger partial charge in [0, 0.05) is 17.0 Å². The van der Waals surface area contributed by atoms with Gasteiger partial charge in [0.2, 0.25) is 0 Å². The largest absolute Gasteiger partial charge is 0.475 e. The summed E-state index contributed by atoms with van der Waals surface area (Å²) >= 11 is 5.68. The fourth-order valence-electron chi connectivity index (χ4n) is 1.54. The quantitative estimate of drug-likeness (QED) is 0.692. The van der Waals surface area contributed by atoms with E-state index in [1.54, 1.807) is 6.07 Å². The van der Waals surface area contributed by atoms with E-state index in [0.717, 1.165) is 6.07 Å². The number of carbonyl (C=O) groups excluding carboxylic acids is 1. The van der Waals surface area contributed by atoms with E-state index < -0.39 is 17.9 Å². The molecule has 0 spiro atoms. The second-order valence-corrected chi connectivity index (χ2v) is 3.65. The lowest BCUT2D eigenvalue weighted by atomic mass is 10.1. The van der Waals surface area contributed by atoms with Crippen LogP contribution in [0.15, 0.2) is 12.1 Å². The Labute approximate surface area is 90.7 Å². The van der Waals surface area contributed by atoms with Crippen molar-refractivity contribution in [3.63, 3.8) is 0 Å². The van der Waals surface area contributed by atoms with E-state index in [2.05, 4.69) is 4.74 Å². The van der Waals surface area contributed by atoms with E-state index in [1.165, 1.54) is 7.11 Å². The van der Waals surface area contributed by atoms with E-state index in [-0.39, 0.29) is 5.75 Å². The smallest absolute Gasteiger partial charge is 0.347 e. The molecule has 1 aromatic rings. The number of halogens is 2. The molecule has 1 aliphatic rings. The molecule has 0 N–H and O–H groups in total. The lowest BCUT2D eigenvalue weighted by Crippen LogP contribution is -2.26. The number of methoxy groups -OCH3 is 1. The van der Waals surface area contributed by atoms with Gasteiger partial charge in [-0.15, -0.1) is 0 Å². The zero-order chi connectivity index (χ0) is 11.0. The first-order chi connectivity index (χ1) is 7.11. The molecule has 80 valence electrons. The highest BCUT2D eigenvalue weighted by atomic mass is 35.5. The summed E-state index contributed by atoms with van der Waals surface area (Å²) < 4.78 is 23.0. The van der Waals surface area contributed by atoms with Crippen LogP contribution in [0.1, 0.15) is 5.56 Å². The third kappa shape index (κ3) is 1.77. The van der Waals surface area contributed by atoms with Crippen LogP contribution in [-0.4, -0.2) is 19.2 Å². The van der Waals surface area contributed by atoms with E-state index in [0.29, 0.717) is 17.0 Å². The van der Waals surface area contributed by atoms with Gasteiger partial charge in [0.15, 0.2) is 17.7 Å². The standard InChI is InChI=1S/C10H8ClFO3/c1-14-10(13)8-3-5-2-6(11)4-7(12)9(5)15-8/h2,4,8H,3H2,1H3. The van der Waals surface area contributed by atoms with Crippen LogP contribution >= 0.6 is 11.6 Å². The predicted molar refractivity (Wildman–Crippen MR) is 51.5 cm³/mol. The third-order valence-corrected chi connectivity index (χ3v) is 2.43. The summed E-state index contributed by atoms with van der Waals surface area (Å²) in [7, 11) is 1.26. The van der Waals surface area contributed by atoms with Crippen molar-refractivity contribution >= 4 is 17.6 Å². The van der Waals surface area contributed by atoms with E-state index in [1.807, 2.05) is 0 Å². The summed E-state index contributed by atoms with van der Waals surface area (Å²) in [6.45, 7) is 0. The molecule has 2 rings (SSSR count). The Morgan fingerprint density at radius 1 is 1.67 bits per heavy atom. The molecule has 0 aromatic heterocycles. The minimum absolute atomic E-state index is 0.0924. The van der Waals surface area contributed by atoms with Gasteiger partial charge in [0.25, 0.3) is 0 Å². The van der Waals surface area contributed by atoms with Crippen molar-refractivity contribution in [2.75, 3.05) is 7.11 Å². The van der Waals surface area contributed by atoms with Gasteiger partial charge in [-0.1, -0.05) is 11.6 Å². The normalized spacial score (nSPS) is 18.2. The zero-order valence-corrected chi connectivity index (χ0v) is 8.68. The summed E-state index contributed by atoms with van der Waals surface area (Å²) in [4.78, 5) is 11.2. The second-order valence-electron chi connectivity index (χ2n) is 3.21. The fourth-order valence-corrected chi connectivity index (χ4v) is 1.77. The van der Waals surface area contributed by atoms with E-state index >= 15 is 0 Å². The Balaban J connectivity index is 2.31. The maximum atomic E-state index is 13.3. The minimum Gasteiger partial charge on any atom is -0.475 e. The van der Waals surface area contributed by atoms with Crippen molar-refractivity contribution in [2.24, 2.45) is 0 Å². The van der Waals surface area contributed by atoms with Gasteiger partial charge in [0.05, 0.1) is 7.11 Å². The minimum atomic E-state index is -0.766. The number of carbonyl (C=O) groups is 1. The number of hydrogen-bond donors (Lipinski definition) is 0. The first-order valence-corrected chi connectivity index (χ1v) is 4.72. The molecule has 0 aliphatic carbocycles. The Kier molecular flexibility index (Phi) is 2.52. The molecule has 1 aromatic carbocycles. The molecule has 5 heteroatoms. The highest BCUT2D eigenvalue weighted by molar-refractivity contribution is 6.30. The predicted octanol–water partition coefficient (Wildman–Crippen LogP) is 1.96. The van der Waals surface area contributed by atoms with Crippen LogP contribution in [0.4, 0.5) is 4.39 Å². The van der Waals surface area contributed by atoms with Crippen molar-refractivity contribution in [1.82, 2.24) is 0 Å². The van der Waals surface area contributed by atoms with Gasteiger partial charge < -0.3 is 9.47 Å². The van der Waals surface area contributed by atoms with Crippen molar-refractivity contribution in [3.05, 3.63) is 28.5 Å². The van der Waals surface area contributed by atoms with Crippen LogP contribution in [0, 0.1) is 5.82 Å². The van der Waals surface area contributed by atoms with Crippen LogP contribution in [0.2, 0.25) is 5.02 Å². The molecule has 1 heterocycles. The van der Waals surface area contributed by atoms with E-state index in [4.69, 9.17) is 16.3 Å². The maximum absolute atomic E-state index is 13.3. The topological polar surface area (TPSA) is 35.5 Å². The Morgan fingerprint density at radius 3 is 3.07 bits per heavy atom. The molecule has 0 radical (unpaired) electrons. The molecular weight excluding hydrogens is 223 g/mol. The van der Waals surface area contributed by atoms with Gasteiger partial charge in [0.1, 0.15) is 0 Å². The Morgan fingerprint density at radius 2 is 2.40 bits per heavy atom. The van der Waals surface area contributed by atoms with Crippen LogP contribution in [0.3, 0.4) is 0 Å². The number of benzene rings is 1. The molecule has 0 amide bonds. The molecular formula is C10H8ClFO3. The number of rotatable bonds is 1. The van der Waals surface area contributed by atoms with Crippen LogP contribution in [0.25, 0.3) is 0 Å². The average molecular weight is 231 g/mol. The number of esters is 1. The third-order valence-electron chi connectivity index (χ3n) is 2.21. The molecule has 3 nitrogen and oxygen atoms in total. The van der Waals surface area contributed by atoms with Gasteiger partial charge >= 0.3 is 5.97 Å². The van der Waals surface area contributed by atoms with Crippen LogP contribution < -0.4 is 4.74 Å². The SMILES string of the molecule is COC(=O)C1Cc2cc(Cl)cc(F)c2O1.